The Labute approximate surface area is 121 Å². The molecule has 6 heteroatoms. The first kappa shape index (κ1) is 15.6. The van der Waals surface area contributed by atoms with Crippen LogP contribution >= 0.6 is 0 Å². The van der Waals surface area contributed by atoms with Crippen molar-refractivity contribution in [1.82, 2.24) is 9.78 Å². The molecular formula is C15H18F3N3. The zero-order valence-corrected chi connectivity index (χ0v) is 11.8. The molecule has 1 unspecified atom stereocenters. The van der Waals surface area contributed by atoms with Gasteiger partial charge in [0.2, 0.25) is 0 Å². The highest BCUT2D eigenvalue weighted by Crippen LogP contribution is 2.29. The van der Waals surface area contributed by atoms with Crippen molar-refractivity contribution in [1.29, 1.82) is 0 Å². The molecule has 0 saturated carbocycles. The summed E-state index contributed by atoms with van der Waals surface area (Å²) in [5.74, 6) is 0. The van der Waals surface area contributed by atoms with Gasteiger partial charge in [-0.2, -0.15) is 18.3 Å². The monoisotopic (exact) mass is 297 g/mol. The molecule has 0 amide bonds. The molecule has 1 atom stereocenters. The molecule has 0 radical (unpaired) electrons. The first-order chi connectivity index (χ1) is 9.86. The lowest BCUT2D eigenvalue weighted by Gasteiger charge is -2.13. The second-order valence-corrected chi connectivity index (χ2v) is 5.14. The zero-order valence-electron chi connectivity index (χ0n) is 11.8. The van der Waals surface area contributed by atoms with Gasteiger partial charge in [0, 0.05) is 25.0 Å². The van der Waals surface area contributed by atoms with E-state index in [1.807, 2.05) is 13.1 Å². The first-order valence-electron chi connectivity index (χ1n) is 6.75. The highest BCUT2D eigenvalue weighted by atomic mass is 19.4. The van der Waals surface area contributed by atoms with Crippen LogP contribution in [0, 0.1) is 0 Å². The Morgan fingerprint density at radius 2 is 1.86 bits per heavy atom. The summed E-state index contributed by atoms with van der Waals surface area (Å²) in [6.45, 7) is 0. The second-order valence-electron chi connectivity index (χ2n) is 5.14. The van der Waals surface area contributed by atoms with Gasteiger partial charge in [-0.1, -0.05) is 12.1 Å². The minimum Gasteiger partial charge on any atom is -0.327 e. The molecule has 0 spiro atoms. The minimum atomic E-state index is -4.29. The molecule has 2 rings (SSSR count). The molecular weight excluding hydrogens is 279 g/mol. The van der Waals surface area contributed by atoms with Crippen LogP contribution in [-0.4, -0.2) is 15.8 Å². The molecule has 2 aromatic rings. The van der Waals surface area contributed by atoms with Crippen molar-refractivity contribution in [3.05, 3.63) is 53.3 Å². The number of aryl methyl sites for hydroxylation is 2. The molecule has 3 nitrogen and oxygen atoms in total. The van der Waals surface area contributed by atoms with Crippen molar-refractivity contribution >= 4 is 0 Å². The third-order valence-electron chi connectivity index (χ3n) is 3.47. The van der Waals surface area contributed by atoms with Gasteiger partial charge in [0.05, 0.1) is 5.56 Å². The summed E-state index contributed by atoms with van der Waals surface area (Å²) in [6, 6.07) is 7.04. The molecule has 0 fully saturated rings. The fourth-order valence-electron chi connectivity index (χ4n) is 2.21. The smallest absolute Gasteiger partial charge is 0.327 e. The van der Waals surface area contributed by atoms with Gasteiger partial charge in [0.25, 0.3) is 0 Å². The molecule has 0 bridgehead atoms. The molecule has 1 heterocycles. The van der Waals surface area contributed by atoms with Crippen molar-refractivity contribution in [3.8, 4) is 0 Å². The van der Waals surface area contributed by atoms with E-state index in [1.54, 1.807) is 10.9 Å². The quantitative estimate of drug-likeness (QED) is 0.922. The van der Waals surface area contributed by atoms with E-state index in [9.17, 15) is 13.2 Å². The van der Waals surface area contributed by atoms with Crippen molar-refractivity contribution < 1.29 is 13.2 Å². The molecule has 0 aliphatic heterocycles. The normalized spacial score (nSPS) is 13.4. The van der Waals surface area contributed by atoms with Gasteiger partial charge >= 0.3 is 6.18 Å². The van der Waals surface area contributed by atoms with E-state index in [4.69, 9.17) is 5.73 Å². The van der Waals surface area contributed by atoms with Crippen LogP contribution in [0.25, 0.3) is 0 Å². The highest BCUT2D eigenvalue weighted by molar-refractivity contribution is 5.25. The Hall–Kier alpha value is -1.82. The van der Waals surface area contributed by atoms with Crippen LogP contribution in [0.1, 0.15) is 23.2 Å². The van der Waals surface area contributed by atoms with Gasteiger partial charge in [-0.15, -0.1) is 0 Å². The van der Waals surface area contributed by atoms with E-state index < -0.39 is 11.7 Å². The summed E-state index contributed by atoms with van der Waals surface area (Å²) in [6.07, 6.45) is -0.425. The summed E-state index contributed by atoms with van der Waals surface area (Å²) in [5.41, 5.74) is 7.33. The lowest BCUT2D eigenvalue weighted by atomic mass is 10.0. The summed E-state index contributed by atoms with van der Waals surface area (Å²) < 4.78 is 39.2. The molecule has 1 aromatic heterocycles. The predicted octanol–water partition coefficient (Wildman–Crippen LogP) is 2.94. The predicted molar refractivity (Wildman–Crippen MR) is 74.7 cm³/mol. The standard InChI is InChI=1S/C15H18F3N3/c1-21-14(8-9-20-21)7-6-13(19)10-11-2-4-12(5-3-11)15(16,17)18/h2-5,8-9,13H,6-7,10,19H2,1H3. The van der Waals surface area contributed by atoms with Crippen LogP contribution in [-0.2, 0) is 26.1 Å². The molecule has 2 N–H and O–H groups in total. The SMILES string of the molecule is Cn1nccc1CCC(N)Cc1ccc(C(F)(F)F)cc1. The fraction of sp³-hybridized carbons (Fsp3) is 0.400. The Morgan fingerprint density at radius 3 is 2.38 bits per heavy atom. The number of nitrogens with zero attached hydrogens (tertiary/aromatic N) is 2. The number of nitrogens with two attached hydrogens (primary N) is 1. The first-order valence-corrected chi connectivity index (χ1v) is 6.75. The van der Waals surface area contributed by atoms with Crippen LogP contribution in [0.15, 0.2) is 36.5 Å². The number of hydrogen-bond acceptors (Lipinski definition) is 2. The molecule has 114 valence electrons. The van der Waals surface area contributed by atoms with Gasteiger partial charge in [-0.25, -0.2) is 0 Å². The number of hydrogen-bond donors (Lipinski definition) is 1. The van der Waals surface area contributed by atoms with E-state index in [1.165, 1.54) is 12.1 Å². The molecule has 1 aromatic carbocycles. The summed E-state index contributed by atoms with van der Waals surface area (Å²) in [4.78, 5) is 0. The maximum atomic E-state index is 12.5. The molecule has 0 saturated heterocycles. The minimum absolute atomic E-state index is 0.0864. The molecule has 0 aliphatic carbocycles. The lowest BCUT2D eigenvalue weighted by Crippen LogP contribution is -2.24. The van der Waals surface area contributed by atoms with E-state index in [0.29, 0.717) is 6.42 Å². The van der Waals surface area contributed by atoms with Crippen molar-refractivity contribution in [2.24, 2.45) is 12.8 Å². The molecule has 0 aliphatic rings. The van der Waals surface area contributed by atoms with Crippen molar-refractivity contribution in [2.75, 3.05) is 0 Å². The van der Waals surface area contributed by atoms with Gasteiger partial charge in [-0.05, 0) is 43.0 Å². The summed E-state index contributed by atoms with van der Waals surface area (Å²) in [5, 5.41) is 4.08. The van der Waals surface area contributed by atoms with Gasteiger partial charge in [-0.3, -0.25) is 4.68 Å². The van der Waals surface area contributed by atoms with Crippen LogP contribution in [0.5, 0.6) is 0 Å². The summed E-state index contributed by atoms with van der Waals surface area (Å²) in [7, 11) is 1.87. The number of benzene rings is 1. The number of aromatic nitrogens is 2. The maximum Gasteiger partial charge on any atom is 0.416 e. The van der Waals surface area contributed by atoms with Crippen LogP contribution < -0.4 is 5.73 Å². The van der Waals surface area contributed by atoms with Gasteiger partial charge < -0.3 is 5.73 Å². The number of halogens is 3. The van der Waals surface area contributed by atoms with Crippen LogP contribution in [0.2, 0.25) is 0 Å². The summed E-state index contributed by atoms with van der Waals surface area (Å²) >= 11 is 0. The average Bonchev–Trinajstić information content (AvgIpc) is 2.81. The Kier molecular flexibility index (Phi) is 4.67. The van der Waals surface area contributed by atoms with Crippen LogP contribution in [0.4, 0.5) is 13.2 Å². The van der Waals surface area contributed by atoms with Gasteiger partial charge in [0.1, 0.15) is 0 Å². The second kappa shape index (κ2) is 6.30. The highest BCUT2D eigenvalue weighted by Gasteiger charge is 2.29. The van der Waals surface area contributed by atoms with E-state index in [2.05, 4.69) is 5.10 Å². The Morgan fingerprint density at radius 1 is 1.19 bits per heavy atom. The number of alkyl halides is 3. The van der Waals surface area contributed by atoms with Crippen molar-refractivity contribution in [2.45, 2.75) is 31.5 Å². The fourth-order valence-corrected chi connectivity index (χ4v) is 2.21. The number of rotatable bonds is 5. The topological polar surface area (TPSA) is 43.8 Å². The largest absolute Gasteiger partial charge is 0.416 e. The van der Waals surface area contributed by atoms with E-state index in [0.717, 1.165) is 36.2 Å². The Balaban J connectivity index is 1.88. The zero-order chi connectivity index (χ0) is 15.5. The molecule has 21 heavy (non-hydrogen) atoms. The van der Waals surface area contributed by atoms with E-state index >= 15 is 0 Å². The van der Waals surface area contributed by atoms with Crippen molar-refractivity contribution in [3.63, 3.8) is 0 Å². The third kappa shape index (κ3) is 4.32. The average molecular weight is 297 g/mol. The van der Waals surface area contributed by atoms with Gasteiger partial charge in [0.15, 0.2) is 0 Å². The van der Waals surface area contributed by atoms with Crippen LogP contribution in [0.3, 0.4) is 0 Å². The maximum absolute atomic E-state index is 12.5. The van der Waals surface area contributed by atoms with E-state index in [-0.39, 0.29) is 6.04 Å². The Bertz CT molecular complexity index is 573. The third-order valence-corrected chi connectivity index (χ3v) is 3.47. The lowest BCUT2D eigenvalue weighted by molar-refractivity contribution is -0.137.